The van der Waals surface area contributed by atoms with Crippen LogP contribution in [-0.2, 0) is 10.2 Å². The summed E-state index contributed by atoms with van der Waals surface area (Å²) in [6.45, 7) is 0. The van der Waals surface area contributed by atoms with Crippen LogP contribution in [0.1, 0.15) is 18.4 Å². The van der Waals surface area contributed by atoms with Gasteiger partial charge < -0.3 is 10.2 Å². The standard InChI is InChI=1S/C10H7ClF2O3/c11-5-3-4(6(12)7(13)8(5)14)10(1-2-10)9(15)16/h3,14H,1-2H2,(H,15,16). The number of rotatable bonds is 2. The second-order valence-corrected chi connectivity index (χ2v) is 4.18. The highest BCUT2D eigenvalue weighted by Crippen LogP contribution is 2.51. The van der Waals surface area contributed by atoms with Crippen molar-refractivity contribution in [3.8, 4) is 5.75 Å². The lowest BCUT2D eigenvalue weighted by Crippen LogP contribution is -2.21. The topological polar surface area (TPSA) is 57.5 Å². The number of phenolic OH excluding ortho intramolecular Hbond substituents is 1. The monoisotopic (exact) mass is 248 g/mol. The van der Waals surface area contributed by atoms with Crippen LogP contribution in [-0.4, -0.2) is 16.2 Å². The van der Waals surface area contributed by atoms with Gasteiger partial charge >= 0.3 is 5.97 Å². The van der Waals surface area contributed by atoms with Crippen molar-refractivity contribution in [1.82, 2.24) is 0 Å². The number of aromatic hydroxyl groups is 1. The normalized spacial score (nSPS) is 17.2. The average Bonchev–Trinajstić information content (AvgIpc) is 3.01. The molecule has 1 aromatic carbocycles. The molecule has 6 heteroatoms. The molecule has 1 fully saturated rings. The second kappa shape index (κ2) is 3.31. The molecule has 0 amide bonds. The van der Waals surface area contributed by atoms with E-state index in [0.29, 0.717) is 0 Å². The summed E-state index contributed by atoms with van der Waals surface area (Å²) in [4.78, 5) is 10.9. The molecule has 0 atom stereocenters. The smallest absolute Gasteiger partial charge is 0.314 e. The minimum Gasteiger partial charge on any atom is -0.504 e. The van der Waals surface area contributed by atoms with Crippen molar-refractivity contribution in [2.75, 3.05) is 0 Å². The summed E-state index contributed by atoms with van der Waals surface area (Å²) >= 11 is 5.48. The predicted molar refractivity (Wildman–Crippen MR) is 51.6 cm³/mol. The van der Waals surface area contributed by atoms with Crippen molar-refractivity contribution in [2.45, 2.75) is 18.3 Å². The van der Waals surface area contributed by atoms with Crippen LogP contribution in [0.2, 0.25) is 5.02 Å². The first kappa shape index (κ1) is 11.1. The first-order valence-electron chi connectivity index (χ1n) is 4.50. The summed E-state index contributed by atoms with van der Waals surface area (Å²) < 4.78 is 26.7. The van der Waals surface area contributed by atoms with Crippen LogP contribution in [0.15, 0.2) is 6.07 Å². The maximum absolute atomic E-state index is 13.5. The Balaban J connectivity index is 2.63. The molecule has 1 aliphatic rings. The number of halogens is 3. The molecule has 0 heterocycles. The molecule has 86 valence electrons. The molecule has 1 saturated carbocycles. The average molecular weight is 249 g/mol. The lowest BCUT2D eigenvalue weighted by Gasteiger charge is -2.13. The number of carboxylic acids is 1. The molecule has 0 saturated heterocycles. The minimum absolute atomic E-state index is 0.236. The predicted octanol–water partition coefficient (Wildman–Crippen LogP) is 2.44. The molecule has 0 unspecified atom stereocenters. The highest BCUT2D eigenvalue weighted by Gasteiger charge is 2.54. The number of carbonyl (C=O) groups is 1. The maximum Gasteiger partial charge on any atom is 0.314 e. The van der Waals surface area contributed by atoms with Crippen molar-refractivity contribution in [1.29, 1.82) is 0 Å². The van der Waals surface area contributed by atoms with Gasteiger partial charge in [-0.05, 0) is 18.9 Å². The summed E-state index contributed by atoms with van der Waals surface area (Å²) in [6.07, 6.45) is 0.472. The van der Waals surface area contributed by atoms with Gasteiger partial charge in [0.05, 0.1) is 10.4 Å². The zero-order valence-electron chi connectivity index (χ0n) is 7.93. The van der Waals surface area contributed by atoms with Gasteiger partial charge in [-0.2, -0.15) is 4.39 Å². The fourth-order valence-electron chi connectivity index (χ4n) is 1.66. The van der Waals surface area contributed by atoms with E-state index in [-0.39, 0.29) is 23.4 Å². The number of aliphatic carboxylic acids is 1. The Morgan fingerprint density at radius 3 is 2.38 bits per heavy atom. The van der Waals surface area contributed by atoms with E-state index in [1.54, 1.807) is 0 Å². The van der Waals surface area contributed by atoms with Gasteiger partial charge in [0.1, 0.15) is 0 Å². The molecule has 1 aliphatic carbocycles. The molecule has 3 nitrogen and oxygen atoms in total. The van der Waals surface area contributed by atoms with Gasteiger partial charge in [0, 0.05) is 5.56 Å². The Labute approximate surface area is 94.3 Å². The van der Waals surface area contributed by atoms with Crippen molar-refractivity contribution in [3.63, 3.8) is 0 Å². The highest BCUT2D eigenvalue weighted by molar-refractivity contribution is 6.32. The summed E-state index contributed by atoms with van der Waals surface area (Å²) in [5, 5.41) is 17.6. The van der Waals surface area contributed by atoms with Crippen LogP contribution < -0.4 is 0 Å². The molecule has 16 heavy (non-hydrogen) atoms. The molecule has 0 bridgehead atoms. The summed E-state index contributed by atoms with van der Waals surface area (Å²) in [7, 11) is 0. The lowest BCUT2D eigenvalue weighted by molar-refractivity contribution is -0.140. The summed E-state index contributed by atoms with van der Waals surface area (Å²) in [5.41, 5.74) is -1.69. The number of hydrogen-bond acceptors (Lipinski definition) is 2. The Morgan fingerprint density at radius 1 is 1.38 bits per heavy atom. The van der Waals surface area contributed by atoms with E-state index < -0.39 is 28.8 Å². The first-order chi connectivity index (χ1) is 7.40. The van der Waals surface area contributed by atoms with Crippen LogP contribution in [0.4, 0.5) is 8.78 Å². The van der Waals surface area contributed by atoms with Crippen molar-refractivity contribution in [2.24, 2.45) is 0 Å². The number of hydrogen-bond donors (Lipinski definition) is 2. The van der Waals surface area contributed by atoms with Gasteiger partial charge in [0.25, 0.3) is 0 Å². The van der Waals surface area contributed by atoms with Gasteiger partial charge in [0.15, 0.2) is 11.6 Å². The summed E-state index contributed by atoms with van der Waals surface area (Å²) in [6, 6.07) is 0.969. The first-order valence-corrected chi connectivity index (χ1v) is 4.88. The fourth-order valence-corrected chi connectivity index (χ4v) is 1.85. The van der Waals surface area contributed by atoms with E-state index >= 15 is 0 Å². The SMILES string of the molecule is O=C(O)C1(c2cc(Cl)c(O)c(F)c2F)CC1. The Kier molecular flexibility index (Phi) is 2.31. The van der Waals surface area contributed by atoms with Gasteiger partial charge in [-0.3, -0.25) is 4.79 Å². The maximum atomic E-state index is 13.5. The molecule has 0 aliphatic heterocycles. The van der Waals surface area contributed by atoms with Gasteiger partial charge in [0.2, 0.25) is 5.82 Å². The third-order valence-corrected chi connectivity index (χ3v) is 3.10. The van der Waals surface area contributed by atoms with Crippen LogP contribution in [0.5, 0.6) is 5.75 Å². The Bertz CT molecular complexity index is 483. The van der Waals surface area contributed by atoms with E-state index in [4.69, 9.17) is 21.8 Å². The third kappa shape index (κ3) is 1.35. The molecular weight excluding hydrogens is 242 g/mol. The largest absolute Gasteiger partial charge is 0.504 e. The number of benzene rings is 1. The van der Waals surface area contributed by atoms with Crippen molar-refractivity contribution < 1.29 is 23.8 Å². The van der Waals surface area contributed by atoms with E-state index in [1.807, 2.05) is 0 Å². The molecule has 0 spiro atoms. The molecule has 2 N–H and O–H groups in total. The quantitative estimate of drug-likeness (QED) is 0.791. The molecule has 2 rings (SSSR count). The second-order valence-electron chi connectivity index (χ2n) is 3.77. The fraction of sp³-hybridized carbons (Fsp3) is 0.300. The van der Waals surface area contributed by atoms with Gasteiger partial charge in [-0.25, -0.2) is 4.39 Å². The summed E-state index contributed by atoms with van der Waals surface area (Å²) in [5.74, 6) is -5.06. The zero-order valence-corrected chi connectivity index (χ0v) is 8.68. The minimum atomic E-state index is -1.50. The van der Waals surface area contributed by atoms with Crippen LogP contribution >= 0.6 is 11.6 Å². The van der Waals surface area contributed by atoms with Gasteiger partial charge in [-0.15, -0.1) is 0 Å². The van der Waals surface area contributed by atoms with Crippen LogP contribution in [0.25, 0.3) is 0 Å². The molecule has 0 radical (unpaired) electrons. The Morgan fingerprint density at radius 2 is 1.94 bits per heavy atom. The molecule has 1 aromatic rings. The zero-order chi connectivity index (χ0) is 12.1. The van der Waals surface area contributed by atoms with Crippen LogP contribution in [0, 0.1) is 11.6 Å². The number of phenols is 1. The van der Waals surface area contributed by atoms with Crippen molar-refractivity contribution in [3.05, 3.63) is 28.3 Å². The Hall–Kier alpha value is -1.36. The molecular formula is C10H7ClF2O3. The molecule has 0 aromatic heterocycles. The van der Waals surface area contributed by atoms with Crippen LogP contribution in [0.3, 0.4) is 0 Å². The van der Waals surface area contributed by atoms with E-state index in [0.717, 1.165) is 6.07 Å². The van der Waals surface area contributed by atoms with E-state index in [9.17, 15) is 13.6 Å². The van der Waals surface area contributed by atoms with Gasteiger partial charge in [-0.1, -0.05) is 11.6 Å². The van der Waals surface area contributed by atoms with E-state index in [1.165, 1.54) is 0 Å². The number of carboxylic acid groups (broad SMARTS) is 1. The lowest BCUT2D eigenvalue weighted by atomic mass is 9.95. The third-order valence-electron chi connectivity index (χ3n) is 2.81. The van der Waals surface area contributed by atoms with Crippen molar-refractivity contribution >= 4 is 17.6 Å². The highest BCUT2D eigenvalue weighted by atomic mass is 35.5. The van der Waals surface area contributed by atoms with E-state index in [2.05, 4.69) is 0 Å².